The Morgan fingerprint density at radius 1 is 0.857 bits per heavy atom. The highest BCUT2D eigenvalue weighted by Crippen LogP contribution is 2.27. The molecule has 7 heteroatoms. The monoisotopic (exact) mass is 395 g/mol. The Bertz CT molecular complexity index is 510. The lowest BCUT2D eigenvalue weighted by atomic mass is 9.90. The molecule has 0 aromatic carbocycles. The molecule has 0 spiro atoms. The third kappa shape index (κ3) is 7.68. The SMILES string of the molecule is O=C(CCCCCNC(=O)NC1CCCCC1)NC1(C(=O)O)CCCCCC1. The summed E-state index contributed by atoms with van der Waals surface area (Å²) in [5, 5.41) is 18.3. The minimum absolute atomic E-state index is 0.0959. The van der Waals surface area contributed by atoms with Gasteiger partial charge in [-0.25, -0.2) is 9.59 Å². The van der Waals surface area contributed by atoms with E-state index in [9.17, 15) is 19.5 Å². The second kappa shape index (κ2) is 11.9. The summed E-state index contributed by atoms with van der Waals surface area (Å²) < 4.78 is 0. The highest BCUT2D eigenvalue weighted by molar-refractivity contribution is 5.87. The molecule has 3 amide bonds. The summed E-state index contributed by atoms with van der Waals surface area (Å²) in [7, 11) is 0. The van der Waals surface area contributed by atoms with Crippen LogP contribution in [0.4, 0.5) is 4.79 Å². The Labute approximate surface area is 168 Å². The second-order valence-corrected chi connectivity index (χ2v) is 8.40. The average molecular weight is 396 g/mol. The summed E-state index contributed by atoms with van der Waals surface area (Å²) in [5.41, 5.74) is -1.08. The molecule has 2 aliphatic rings. The molecule has 0 atom stereocenters. The third-order valence-corrected chi connectivity index (χ3v) is 6.05. The van der Waals surface area contributed by atoms with Gasteiger partial charge < -0.3 is 21.1 Å². The van der Waals surface area contributed by atoms with E-state index in [0.29, 0.717) is 38.3 Å². The number of unbranched alkanes of at least 4 members (excludes halogenated alkanes) is 2. The Kier molecular flexibility index (Phi) is 9.58. The average Bonchev–Trinajstić information content (AvgIpc) is 2.92. The van der Waals surface area contributed by atoms with Crippen LogP contribution in [0.3, 0.4) is 0 Å². The van der Waals surface area contributed by atoms with Crippen LogP contribution in [-0.4, -0.2) is 41.1 Å². The summed E-state index contributed by atoms with van der Waals surface area (Å²) >= 11 is 0. The molecule has 4 N–H and O–H groups in total. The summed E-state index contributed by atoms with van der Waals surface area (Å²) in [6.07, 6.45) is 13.3. The topological polar surface area (TPSA) is 108 Å². The zero-order valence-corrected chi connectivity index (χ0v) is 17.1. The predicted molar refractivity (Wildman–Crippen MR) is 108 cm³/mol. The molecule has 160 valence electrons. The van der Waals surface area contributed by atoms with Gasteiger partial charge in [0, 0.05) is 19.0 Å². The summed E-state index contributed by atoms with van der Waals surface area (Å²) in [6.45, 7) is 0.596. The van der Waals surface area contributed by atoms with Gasteiger partial charge in [0.05, 0.1) is 0 Å². The van der Waals surface area contributed by atoms with Crippen molar-refractivity contribution >= 4 is 17.9 Å². The molecule has 0 radical (unpaired) electrons. The molecule has 0 aromatic heterocycles. The highest BCUT2D eigenvalue weighted by Gasteiger charge is 2.39. The van der Waals surface area contributed by atoms with Crippen molar-refractivity contribution in [3.63, 3.8) is 0 Å². The third-order valence-electron chi connectivity index (χ3n) is 6.05. The number of carbonyl (C=O) groups excluding carboxylic acids is 2. The fraction of sp³-hybridized carbons (Fsp3) is 0.857. The first-order valence-electron chi connectivity index (χ1n) is 11.1. The number of amides is 3. The Morgan fingerprint density at radius 3 is 2.14 bits per heavy atom. The first-order valence-corrected chi connectivity index (χ1v) is 11.1. The molecule has 0 heterocycles. The van der Waals surface area contributed by atoms with Gasteiger partial charge in [0.1, 0.15) is 5.54 Å². The van der Waals surface area contributed by atoms with Crippen LogP contribution < -0.4 is 16.0 Å². The van der Waals surface area contributed by atoms with Gasteiger partial charge in [-0.2, -0.15) is 0 Å². The first-order chi connectivity index (χ1) is 13.5. The molecule has 2 saturated carbocycles. The molecular weight excluding hydrogens is 358 g/mol. The molecule has 0 unspecified atom stereocenters. The Balaban J connectivity index is 1.56. The maximum Gasteiger partial charge on any atom is 0.329 e. The first kappa shape index (κ1) is 22.5. The number of carbonyl (C=O) groups is 3. The number of nitrogens with one attached hydrogen (secondary N) is 3. The number of aliphatic carboxylic acids is 1. The van der Waals surface area contributed by atoms with E-state index in [1.165, 1.54) is 19.3 Å². The van der Waals surface area contributed by atoms with Crippen molar-refractivity contribution in [1.82, 2.24) is 16.0 Å². The Morgan fingerprint density at radius 2 is 1.50 bits per heavy atom. The minimum Gasteiger partial charge on any atom is -0.480 e. The van der Waals surface area contributed by atoms with Gasteiger partial charge in [-0.05, 0) is 38.5 Å². The quantitative estimate of drug-likeness (QED) is 0.354. The number of rotatable bonds is 9. The number of carboxylic acids is 1. The van der Waals surface area contributed by atoms with Gasteiger partial charge >= 0.3 is 12.0 Å². The van der Waals surface area contributed by atoms with E-state index in [1.807, 2.05) is 0 Å². The summed E-state index contributed by atoms with van der Waals surface area (Å²) in [6, 6.07) is 0.212. The molecule has 0 aliphatic heterocycles. The van der Waals surface area contributed by atoms with Crippen LogP contribution in [0.25, 0.3) is 0 Å². The van der Waals surface area contributed by atoms with Crippen LogP contribution >= 0.6 is 0 Å². The van der Waals surface area contributed by atoms with Crippen molar-refractivity contribution in [2.75, 3.05) is 6.54 Å². The van der Waals surface area contributed by atoms with Gasteiger partial charge in [0.25, 0.3) is 0 Å². The van der Waals surface area contributed by atoms with E-state index in [-0.39, 0.29) is 11.9 Å². The molecule has 0 aromatic rings. The van der Waals surface area contributed by atoms with E-state index in [4.69, 9.17) is 0 Å². The Hall–Kier alpha value is -1.79. The van der Waals surface area contributed by atoms with E-state index >= 15 is 0 Å². The second-order valence-electron chi connectivity index (χ2n) is 8.40. The van der Waals surface area contributed by atoms with Crippen LogP contribution in [0.2, 0.25) is 0 Å². The normalized spacial score (nSPS) is 20.0. The smallest absolute Gasteiger partial charge is 0.329 e. The van der Waals surface area contributed by atoms with Crippen molar-refractivity contribution in [3.05, 3.63) is 0 Å². The largest absolute Gasteiger partial charge is 0.480 e. The number of hydrogen-bond acceptors (Lipinski definition) is 3. The predicted octanol–water partition coefficient (Wildman–Crippen LogP) is 3.47. The number of hydrogen-bond donors (Lipinski definition) is 4. The molecule has 28 heavy (non-hydrogen) atoms. The van der Waals surface area contributed by atoms with Crippen LogP contribution in [0.15, 0.2) is 0 Å². The number of carboxylic acid groups (broad SMARTS) is 1. The summed E-state index contributed by atoms with van der Waals surface area (Å²) in [4.78, 5) is 35.8. The standard InChI is InChI=1S/C21H37N3O4/c25-18(24-21(19(26)27)14-8-1-2-9-15-21)13-7-4-10-16-22-20(28)23-17-11-5-3-6-12-17/h17H,1-16H2,(H,24,25)(H,26,27)(H2,22,23,28). The fourth-order valence-electron chi connectivity index (χ4n) is 4.33. The van der Waals surface area contributed by atoms with Gasteiger partial charge in [0.15, 0.2) is 0 Å². The molecular formula is C21H37N3O4. The van der Waals surface area contributed by atoms with Crippen molar-refractivity contribution in [2.45, 2.75) is 108 Å². The molecule has 2 fully saturated rings. The van der Waals surface area contributed by atoms with E-state index in [2.05, 4.69) is 16.0 Å². The molecule has 0 bridgehead atoms. The van der Waals surface area contributed by atoms with Gasteiger partial charge in [-0.15, -0.1) is 0 Å². The van der Waals surface area contributed by atoms with E-state index in [1.54, 1.807) is 0 Å². The zero-order valence-electron chi connectivity index (χ0n) is 17.1. The lowest BCUT2D eigenvalue weighted by Gasteiger charge is -2.29. The highest BCUT2D eigenvalue weighted by atomic mass is 16.4. The van der Waals surface area contributed by atoms with E-state index in [0.717, 1.165) is 51.4 Å². The lowest BCUT2D eigenvalue weighted by molar-refractivity contribution is -0.148. The van der Waals surface area contributed by atoms with Crippen LogP contribution in [0.5, 0.6) is 0 Å². The van der Waals surface area contributed by atoms with Crippen LogP contribution in [0, 0.1) is 0 Å². The summed E-state index contributed by atoms with van der Waals surface area (Å²) in [5.74, 6) is -1.08. The molecule has 2 rings (SSSR count). The molecule has 7 nitrogen and oxygen atoms in total. The molecule has 0 saturated heterocycles. The number of urea groups is 1. The van der Waals surface area contributed by atoms with E-state index < -0.39 is 11.5 Å². The van der Waals surface area contributed by atoms with Crippen molar-refractivity contribution in [2.24, 2.45) is 0 Å². The van der Waals surface area contributed by atoms with Crippen LogP contribution in [-0.2, 0) is 9.59 Å². The van der Waals surface area contributed by atoms with Gasteiger partial charge in [-0.1, -0.05) is 51.4 Å². The van der Waals surface area contributed by atoms with Gasteiger partial charge in [0.2, 0.25) is 5.91 Å². The van der Waals surface area contributed by atoms with Crippen LogP contribution in [0.1, 0.15) is 96.3 Å². The fourth-order valence-corrected chi connectivity index (χ4v) is 4.33. The molecule has 2 aliphatic carbocycles. The maximum atomic E-state index is 12.2. The minimum atomic E-state index is -1.08. The zero-order chi connectivity index (χ0) is 20.2. The maximum absolute atomic E-state index is 12.2. The van der Waals surface area contributed by atoms with Crippen molar-refractivity contribution < 1.29 is 19.5 Å². The lowest BCUT2D eigenvalue weighted by Crippen LogP contribution is -2.54. The van der Waals surface area contributed by atoms with Crippen molar-refractivity contribution in [3.8, 4) is 0 Å². The van der Waals surface area contributed by atoms with Crippen molar-refractivity contribution in [1.29, 1.82) is 0 Å². The van der Waals surface area contributed by atoms with Gasteiger partial charge in [-0.3, -0.25) is 4.79 Å².